The minimum Gasteiger partial charge on any atom is -0.399 e. The maximum absolute atomic E-state index is 9.72. The van der Waals surface area contributed by atoms with Gasteiger partial charge in [0.1, 0.15) is 0 Å². The normalized spacial score (nSPS) is 17.5. The van der Waals surface area contributed by atoms with Crippen LogP contribution in [0.25, 0.3) is 0 Å². The number of aryl methyl sites for hydroxylation is 1. The smallest absolute Gasteiger partial charge is 0.0740 e. The first kappa shape index (κ1) is 10.3. The van der Waals surface area contributed by atoms with Crippen molar-refractivity contribution in [2.24, 2.45) is 5.92 Å². The van der Waals surface area contributed by atoms with E-state index in [2.05, 4.69) is 5.32 Å². The second-order valence-corrected chi connectivity index (χ2v) is 4.36. The van der Waals surface area contributed by atoms with Crippen molar-refractivity contribution < 1.29 is 5.11 Å². The number of aliphatic hydroxyl groups is 1. The first-order valence-corrected chi connectivity index (χ1v) is 5.45. The predicted octanol–water partition coefficient (Wildman–Crippen LogP) is 1.76. The van der Waals surface area contributed by atoms with E-state index in [0.29, 0.717) is 12.5 Å². The number of hydrogen-bond donors (Lipinski definition) is 3. The lowest BCUT2D eigenvalue weighted by molar-refractivity contribution is 0.164. The molecule has 1 aromatic rings. The molecule has 1 atom stereocenters. The van der Waals surface area contributed by atoms with Crippen LogP contribution in [0.1, 0.15) is 18.4 Å². The lowest BCUT2D eigenvalue weighted by Gasteiger charge is -2.14. The zero-order valence-corrected chi connectivity index (χ0v) is 9.03. The molecule has 1 unspecified atom stereocenters. The van der Waals surface area contributed by atoms with Crippen molar-refractivity contribution >= 4 is 11.4 Å². The van der Waals surface area contributed by atoms with Crippen molar-refractivity contribution in [2.45, 2.75) is 25.9 Å². The third-order valence-electron chi connectivity index (χ3n) is 2.93. The van der Waals surface area contributed by atoms with Gasteiger partial charge >= 0.3 is 0 Å². The topological polar surface area (TPSA) is 58.3 Å². The Bertz CT molecular complexity index is 347. The highest BCUT2D eigenvalue weighted by atomic mass is 16.3. The fraction of sp³-hybridized carbons (Fsp3) is 0.500. The Morgan fingerprint density at radius 1 is 1.53 bits per heavy atom. The van der Waals surface area contributed by atoms with Gasteiger partial charge in [-0.15, -0.1) is 0 Å². The molecule has 2 rings (SSSR count). The van der Waals surface area contributed by atoms with E-state index < -0.39 is 0 Å². The summed E-state index contributed by atoms with van der Waals surface area (Å²) in [6.07, 6.45) is 2.11. The van der Waals surface area contributed by atoms with Crippen molar-refractivity contribution in [1.82, 2.24) is 0 Å². The molecule has 0 aromatic heterocycles. The molecule has 3 heteroatoms. The van der Waals surface area contributed by atoms with Crippen molar-refractivity contribution in [3.63, 3.8) is 0 Å². The molecule has 0 bridgehead atoms. The number of nitrogens with one attached hydrogen (secondary N) is 1. The molecule has 1 aliphatic rings. The van der Waals surface area contributed by atoms with Gasteiger partial charge in [0.05, 0.1) is 6.10 Å². The van der Waals surface area contributed by atoms with E-state index in [1.165, 1.54) is 12.8 Å². The van der Waals surface area contributed by atoms with Crippen molar-refractivity contribution in [2.75, 3.05) is 17.6 Å². The summed E-state index contributed by atoms with van der Waals surface area (Å²) in [7, 11) is 0. The Kier molecular flexibility index (Phi) is 2.82. The third-order valence-corrected chi connectivity index (χ3v) is 2.93. The molecular formula is C12H18N2O. The van der Waals surface area contributed by atoms with Crippen LogP contribution in [0.5, 0.6) is 0 Å². The van der Waals surface area contributed by atoms with E-state index in [1.807, 2.05) is 25.1 Å². The summed E-state index contributed by atoms with van der Waals surface area (Å²) in [4.78, 5) is 0. The van der Waals surface area contributed by atoms with Gasteiger partial charge in [0.15, 0.2) is 0 Å². The first-order chi connectivity index (χ1) is 7.16. The maximum Gasteiger partial charge on any atom is 0.0740 e. The lowest BCUT2D eigenvalue weighted by Crippen LogP contribution is -2.21. The summed E-state index contributed by atoms with van der Waals surface area (Å²) >= 11 is 0. The Morgan fingerprint density at radius 2 is 2.27 bits per heavy atom. The van der Waals surface area contributed by atoms with E-state index in [1.54, 1.807) is 0 Å². The van der Waals surface area contributed by atoms with Gasteiger partial charge < -0.3 is 16.2 Å². The van der Waals surface area contributed by atoms with Gasteiger partial charge in [0, 0.05) is 17.9 Å². The first-order valence-electron chi connectivity index (χ1n) is 5.45. The largest absolute Gasteiger partial charge is 0.399 e. The molecule has 0 heterocycles. The van der Waals surface area contributed by atoms with Crippen LogP contribution in [0.2, 0.25) is 0 Å². The molecule has 3 nitrogen and oxygen atoms in total. The van der Waals surface area contributed by atoms with E-state index in [-0.39, 0.29) is 6.10 Å². The lowest BCUT2D eigenvalue weighted by atomic mass is 10.1. The Hall–Kier alpha value is -1.22. The van der Waals surface area contributed by atoms with Crippen molar-refractivity contribution in [1.29, 1.82) is 0 Å². The molecule has 1 aromatic carbocycles. The number of hydrogen-bond acceptors (Lipinski definition) is 3. The van der Waals surface area contributed by atoms with Crippen LogP contribution < -0.4 is 11.1 Å². The molecule has 1 aliphatic carbocycles. The highest BCUT2D eigenvalue weighted by Crippen LogP contribution is 2.32. The zero-order valence-electron chi connectivity index (χ0n) is 9.03. The predicted molar refractivity (Wildman–Crippen MR) is 62.8 cm³/mol. The van der Waals surface area contributed by atoms with Crippen LogP contribution in [0.15, 0.2) is 18.2 Å². The summed E-state index contributed by atoms with van der Waals surface area (Å²) in [6, 6.07) is 5.79. The number of rotatable bonds is 4. The average Bonchev–Trinajstić information content (AvgIpc) is 3.02. The maximum atomic E-state index is 9.72. The van der Waals surface area contributed by atoms with Crippen LogP contribution in [0.3, 0.4) is 0 Å². The van der Waals surface area contributed by atoms with E-state index in [4.69, 9.17) is 5.73 Å². The van der Waals surface area contributed by atoms with Crippen molar-refractivity contribution in [3.8, 4) is 0 Å². The second kappa shape index (κ2) is 4.11. The van der Waals surface area contributed by atoms with Gasteiger partial charge in [0.2, 0.25) is 0 Å². The highest BCUT2D eigenvalue weighted by molar-refractivity contribution is 5.59. The average molecular weight is 206 g/mol. The number of anilines is 2. The molecule has 0 saturated heterocycles. The van der Waals surface area contributed by atoms with Crippen LogP contribution in [0.4, 0.5) is 11.4 Å². The Morgan fingerprint density at radius 3 is 2.93 bits per heavy atom. The summed E-state index contributed by atoms with van der Waals surface area (Å²) in [5, 5.41) is 13.0. The quantitative estimate of drug-likeness (QED) is 0.658. The Labute approximate surface area is 90.3 Å². The van der Waals surface area contributed by atoms with Gasteiger partial charge in [-0.1, -0.05) is 6.07 Å². The fourth-order valence-corrected chi connectivity index (χ4v) is 1.69. The SMILES string of the molecule is Cc1ccc(N)cc1NCC(O)C1CC1. The third kappa shape index (κ3) is 2.63. The van der Waals surface area contributed by atoms with Crippen LogP contribution in [0, 0.1) is 12.8 Å². The minimum absolute atomic E-state index is 0.217. The standard InChI is InChI=1S/C12H18N2O/c1-8-2-5-10(13)6-11(8)14-7-12(15)9-3-4-9/h2,5-6,9,12,14-15H,3-4,7,13H2,1H3. The van der Waals surface area contributed by atoms with E-state index >= 15 is 0 Å². The molecule has 0 amide bonds. The van der Waals surface area contributed by atoms with Gasteiger partial charge in [-0.05, 0) is 43.4 Å². The summed E-state index contributed by atoms with van der Waals surface area (Å²) in [5.41, 5.74) is 8.64. The number of nitrogen functional groups attached to an aromatic ring is 1. The highest BCUT2D eigenvalue weighted by Gasteiger charge is 2.29. The Balaban J connectivity index is 1.94. The molecule has 0 radical (unpaired) electrons. The molecule has 82 valence electrons. The molecule has 0 aliphatic heterocycles. The van der Waals surface area contributed by atoms with Crippen LogP contribution in [-0.2, 0) is 0 Å². The zero-order chi connectivity index (χ0) is 10.8. The number of nitrogens with two attached hydrogens (primary N) is 1. The summed E-state index contributed by atoms with van der Waals surface area (Å²) in [6.45, 7) is 2.65. The van der Waals surface area contributed by atoms with E-state index in [0.717, 1.165) is 16.9 Å². The molecule has 15 heavy (non-hydrogen) atoms. The molecular weight excluding hydrogens is 188 g/mol. The van der Waals surface area contributed by atoms with E-state index in [9.17, 15) is 5.11 Å². The van der Waals surface area contributed by atoms with Gasteiger partial charge in [-0.3, -0.25) is 0 Å². The van der Waals surface area contributed by atoms with Gasteiger partial charge in [-0.2, -0.15) is 0 Å². The molecule has 4 N–H and O–H groups in total. The van der Waals surface area contributed by atoms with Crippen LogP contribution in [-0.4, -0.2) is 17.8 Å². The minimum atomic E-state index is -0.217. The monoisotopic (exact) mass is 206 g/mol. The fourth-order valence-electron chi connectivity index (χ4n) is 1.69. The molecule has 1 saturated carbocycles. The number of benzene rings is 1. The summed E-state index contributed by atoms with van der Waals surface area (Å²) in [5.74, 6) is 0.513. The van der Waals surface area contributed by atoms with Crippen LogP contribution >= 0.6 is 0 Å². The molecule has 1 fully saturated rings. The van der Waals surface area contributed by atoms with Gasteiger partial charge in [0.25, 0.3) is 0 Å². The number of aliphatic hydroxyl groups excluding tert-OH is 1. The summed E-state index contributed by atoms with van der Waals surface area (Å²) < 4.78 is 0. The second-order valence-electron chi connectivity index (χ2n) is 4.36. The van der Waals surface area contributed by atoms with Gasteiger partial charge in [-0.25, -0.2) is 0 Å². The molecule has 0 spiro atoms. The van der Waals surface area contributed by atoms with Crippen molar-refractivity contribution in [3.05, 3.63) is 23.8 Å².